The summed E-state index contributed by atoms with van der Waals surface area (Å²) < 4.78 is 10.6. The summed E-state index contributed by atoms with van der Waals surface area (Å²) in [5, 5.41) is 9.51. The Hall–Kier alpha value is -1.55. The van der Waals surface area contributed by atoms with Gasteiger partial charge in [-0.1, -0.05) is 26.0 Å². The number of phenols is 1. The van der Waals surface area contributed by atoms with E-state index in [1.54, 1.807) is 19.1 Å². The van der Waals surface area contributed by atoms with Gasteiger partial charge in [-0.25, -0.2) is 4.79 Å². The van der Waals surface area contributed by atoms with Gasteiger partial charge in [0.1, 0.15) is 17.4 Å². The van der Waals surface area contributed by atoms with Crippen molar-refractivity contribution in [3.63, 3.8) is 0 Å². The highest BCUT2D eigenvalue weighted by molar-refractivity contribution is 5.92. The van der Waals surface area contributed by atoms with Gasteiger partial charge in [0.15, 0.2) is 0 Å². The molecule has 1 rings (SSSR count). The smallest absolute Gasteiger partial charge is 0.342 e. The predicted octanol–water partition coefficient (Wildman–Crippen LogP) is 2.61. The summed E-state index contributed by atoms with van der Waals surface area (Å²) in [4.78, 5) is 11.7. The second kappa shape index (κ2) is 7.01. The number of phenolic OH excluding ortho intramolecular Hbond substituents is 1. The first-order valence-corrected chi connectivity index (χ1v) is 6.07. The monoisotopic (exact) mass is 252 g/mol. The molecule has 0 saturated carbocycles. The maximum Gasteiger partial charge on any atom is 0.342 e. The summed E-state index contributed by atoms with van der Waals surface area (Å²) in [5.74, 6) is -0.155. The molecule has 1 unspecified atom stereocenters. The van der Waals surface area contributed by atoms with Gasteiger partial charge < -0.3 is 14.6 Å². The Kier molecular flexibility index (Phi) is 5.65. The van der Waals surface area contributed by atoms with Gasteiger partial charge in [0.25, 0.3) is 0 Å². The van der Waals surface area contributed by atoms with Crippen molar-refractivity contribution >= 4 is 5.97 Å². The molecule has 0 amide bonds. The zero-order valence-electron chi connectivity index (χ0n) is 11.1. The number of esters is 1. The highest BCUT2D eigenvalue weighted by Gasteiger charge is 2.15. The Balaban J connectivity index is 2.43. The second-order valence-electron chi connectivity index (χ2n) is 4.66. The summed E-state index contributed by atoms with van der Waals surface area (Å²) in [7, 11) is 0. The van der Waals surface area contributed by atoms with Crippen LogP contribution >= 0.6 is 0 Å². The van der Waals surface area contributed by atoms with E-state index in [2.05, 4.69) is 13.8 Å². The molecule has 1 aromatic carbocycles. The molecule has 1 atom stereocenters. The Morgan fingerprint density at radius 2 is 1.89 bits per heavy atom. The van der Waals surface area contributed by atoms with Crippen LogP contribution in [0, 0.1) is 5.92 Å². The maximum absolute atomic E-state index is 11.7. The number of ether oxygens (including phenoxy) is 2. The topological polar surface area (TPSA) is 55.8 Å². The van der Waals surface area contributed by atoms with Gasteiger partial charge in [-0.15, -0.1) is 0 Å². The number of carbonyl (C=O) groups excluding carboxylic acids is 1. The molecular weight excluding hydrogens is 232 g/mol. The number of rotatable bonds is 6. The Morgan fingerprint density at radius 1 is 1.22 bits per heavy atom. The molecule has 1 aromatic rings. The molecule has 0 aliphatic rings. The van der Waals surface area contributed by atoms with Gasteiger partial charge in [-0.3, -0.25) is 0 Å². The minimum Gasteiger partial charge on any atom is -0.507 e. The van der Waals surface area contributed by atoms with Crippen molar-refractivity contribution in [1.82, 2.24) is 0 Å². The predicted molar refractivity (Wildman–Crippen MR) is 68.6 cm³/mol. The van der Waals surface area contributed by atoms with Crippen LogP contribution in [0.2, 0.25) is 0 Å². The van der Waals surface area contributed by atoms with E-state index in [1.165, 1.54) is 12.1 Å². The van der Waals surface area contributed by atoms with Crippen molar-refractivity contribution in [3.05, 3.63) is 29.8 Å². The molecule has 100 valence electrons. The molecule has 4 heteroatoms. The Labute approximate surface area is 108 Å². The van der Waals surface area contributed by atoms with Crippen LogP contribution in [-0.4, -0.2) is 30.4 Å². The standard InChI is InChI=1S/C14H20O4/c1-10(2)8-17-9-11(3)18-14(16)12-6-4-5-7-13(12)15/h4-7,10-11,15H,8-9H2,1-3H3. The molecule has 4 nitrogen and oxygen atoms in total. The zero-order chi connectivity index (χ0) is 13.5. The van der Waals surface area contributed by atoms with E-state index in [-0.39, 0.29) is 17.4 Å². The lowest BCUT2D eigenvalue weighted by molar-refractivity contribution is -0.00267. The van der Waals surface area contributed by atoms with Crippen molar-refractivity contribution in [2.45, 2.75) is 26.9 Å². The van der Waals surface area contributed by atoms with Crippen LogP contribution in [0.4, 0.5) is 0 Å². The summed E-state index contributed by atoms with van der Waals surface area (Å²) in [6, 6.07) is 6.31. The number of hydrogen-bond donors (Lipinski definition) is 1. The molecule has 0 aromatic heterocycles. The summed E-state index contributed by atoms with van der Waals surface area (Å²) in [6.07, 6.45) is -0.337. The molecule has 0 aliphatic carbocycles. The largest absolute Gasteiger partial charge is 0.507 e. The molecule has 0 saturated heterocycles. The number of hydrogen-bond acceptors (Lipinski definition) is 4. The zero-order valence-corrected chi connectivity index (χ0v) is 11.1. The van der Waals surface area contributed by atoms with Crippen molar-refractivity contribution in [2.75, 3.05) is 13.2 Å². The Morgan fingerprint density at radius 3 is 2.50 bits per heavy atom. The number of benzene rings is 1. The third-order valence-electron chi connectivity index (χ3n) is 2.24. The molecule has 0 aliphatic heterocycles. The third kappa shape index (κ3) is 4.75. The maximum atomic E-state index is 11.7. The van der Waals surface area contributed by atoms with Gasteiger partial charge in [0.2, 0.25) is 0 Å². The van der Waals surface area contributed by atoms with Gasteiger partial charge in [-0.2, -0.15) is 0 Å². The summed E-state index contributed by atoms with van der Waals surface area (Å²) >= 11 is 0. The van der Waals surface area contributed by atoms with E-state index in [0.29, 0.717) is 19.1 Å². The van der Waals surface area contributed by atoms with E-state index in [1.807, 2.05) is 0 Å². The Bertz CT molecular complexity index is 387. The van der Waals surface area contributed by atoms with E-state index in [9.17, 15) is 9.90 Å². The fourth-order valence-electron chi connectivity index (χ4n) is 1.40. The average Bonchev–Trinajstić information content (AvgIpc) is 2.28. The van der Waals surface area contributed by atoms with Crippen LogP contribution in [0.5, 0.6) is 5.75 Å². The van der Waals surface area contributed by atoms with Crippen LogP contribution in [0.3, 0.4) is 0 Å². The number of para-hydroxylation sites is 1. The molecule has 0 bridgehead atoms. The highest BCUT2D eigenvalue weighted by atomic mass is 16.6. The van der Waals surface area contributed by atoms with Crippen LogP contribution in [-0.2, 0) is 9.47 Å². The minimum absolute atomic E-state index is 0.0715. The number of carbonyl (C=O) groups is 1. The van der Waals surface area contributed by atoms with Gasteiger partial charge in [0, 0.05) is 6.61 Å². The SMILES string of the molecule is CC(C)COCC(C)OC(=O)c1ccccc1O. The van der Waals surface area contributed by atoms with E-state index in [0.717, 1.165) is 0 Å². The van der Waals surface area contributed by atoms with Gasteiger partial charge in [0.05, 0.1) is 6.61 Å². The average molecular weight is 252 g/mol. The molecule has 0 radical (unpaired) electrons. The third-order valence-corrected chi connectivity index (χ3v) is 2.24. The van der Waals surface area contributed by atoms with Crippen molar-refractivity contribution < 1.29 is 19.4 Å². The van der Waals surface area contributed by atoms with E-state index in [4.69, 9.17) is 9.47 Å². The van der Waals surface area contributed by atoms with Crippen LogP contribution < -0.4 is 0 Å². The van der Waals surface area contributed by atoms with Gasteiger partial charge >= 0.3 is 5.97 Å². The molecular formula is C14H20O4. The summed E-state index contributed by atoms with van der Waals surface area (Å²) in [6.45, 7) is 6.87. The van der Waals surface area contributed by atoms with E-state index < -0.39 is 5.97 Å². The molecule has 1 N–H and O–H groups in total. The fourth-order valence-corrected chi connectivity index (χ4v) is 1.40. The first-order chi connectivity index (χ1) is 8.50. The molecule has 0 spiro atoms. The fraction of sp³-hybridized carbons (Fsp3) is 0.500. The number of aromatic hydroxyl groups is 1. The summed E-state index contributed by atoms with van der Waals surface area (Å²) in [5.41, 5.74) is 0.174. The lowest BCUT2D eigenvalue weighted by Gasteiger charge is -2.15. The minimum atomic E-state index is -0.534. The lowest BCUT2D eigenvalue weighted by Crippen LogP contribution is -2.21. The molecule has 0 heterocycles. The second-order valence-corrected chi connectivity index (χ2v) is 4.66. The van der Waals surface area contributed by atoms with Gasteiger partial charge in [-0.05, 0) is 25.0 Å². The van der Waals surface area contributed by atoms with Crippen LogP contribution in [0.1, 0.15) is 31.1 Å². The van der Waals surface area contributed by atoms with Crippen LogP contribution in [0.15, 0.2) is 24.3 Å². The lowest BCUT2D eigenvalue weighted by atomic mass is 10.2. The van der Waals surface area contributed by atoms with Crippen molar-refractivity contribution in [3.8, 4) is 5.75 Å². The van der Waals surface area contributed by atoms with Crippen molar-refractivity contribution in [1.29, 1.82) is 0 Å². The quantitative estimate of drug-likeness (QED) is 0.791. The first-order valence-electron chi connectivity index (χ1n) is 6.07. The normalized spacial score (nSPS) is 12.4. The van der Waals surface area contributed by atoms with Crippen molar-refractivity contribution in [2.24, 2.45) is 5.92 Å². The van der Waals surface area contributed by atoms with E-state index >= 15 is 0 Å². The molecule has 0 fully saturated rings. The first kappa shape index (κ1) is 14.5. The van der Waals surface area contributed by atoms with Crippen LogP contribution in [0.25, 0.3) is 0 Å². The molecule has 18 heavy (non-hydrogen) atoms. The highest BCUT2D eigenvalue weighted by Crippen LogP contribution is 2.17.